The molecule has 37 heavy (non-hydrogen) atoms. The number of amides is 3. The van der Waals surface area contributed by atoms with Gasteiger partial charge in [-0.2, -0.15) is 0 Å². The number of hydrogen-bond acceptors (Lipinski definition) is 6. The topological polar surface area (TPSA) is 93.2 Å². The molecular weight excluding hydrogens is 496 g/mol. The summed E-state index contributed by atoms with van der Waals surface area (Å²) in [5, 5.41) is 2.00. The lowest BCUT2D eigenvalue weighted by molar-refractivity contribution is -0.146. The minimum Gasteiger partial charge on any atom is -0.418 e. The number of benzene rings is 2. The van der Waals surface area contributed by atoms with Crippen molar-refractivity contribution in [3.63, 3.8) is 0 Å². The van der Waals surface area contributed by atoms with Crippen LogP contribution in [0.4, 0.5) is 4.79 Å². The van der Waals surface area contributed by atoms with Gasteiger partial charge < -0.3 is 9.47 Å². The van der Waals surface area contributed by atoms with Crippen molar-refractivity contribution < 1.29 is 28.7 Å². The summed E-state index contributed by atoms with van der Waals surface area (Å²) in [7, 11) is 0. The number of nitrogens with zero attached hydrogens (tertiary/aromatic N) is 2. The first-order valence-electron chi connectivity index (χ1n) is 11.9. The van der Waals surface area contributed by atoms with Crippen LogP contribution in [0.5, 0.6) is 0 Å². The summed E-state index contributed by atoms with van der Waals surface area (Å²) in [5.74, 6) is 2.72. The van der Waals surface area contributed by atoms with Crippen LogP contribution < -0.4 is 0 Å². The molecule has 0 aromatic heterocycles. The molecule has 0 bridgehead atoms. The average molecular weight is 527 g/mol. The summed E-state index contributed by atoms with van der Waals surface area (Å²) in [4.78, 5) is 52.1. The number of carbonyl (C=O) groups is 4. The minimum absolute atomic E-state index is 0.0893. The normalized spacial score (nSPS) is 10.5. The highest BCUT2D eigenvalue weighted by Crippen LogP contribution is 2.24. The van der Waals surface area contributed by atoms with Crippen molar-refractivity contribution in [1.82, 2.24) is 10.0 Å². The van der Waals surface area contributed by atoms with Crippen molar-refractivity contribution in [2.75, 3.05) is 6.79 Å². The monoisotopic (exact) mass is 526 g/mol. The van der Waals surface area contributed by atoms with Gasteiger partial charge in [0.2, 0.25) is 6.79 Å². The first kappa shape index (κ1) is 29.4. The van der Waals surface area contributed by atoms with Crippen molar-refractivity contribution >= 4 is 35.5 Å². The van der Waals surface area contributed by atoms with E-state index >= 15 is 0 Å². The zero-order valence-electron chi connectivity index (χ0n) is 21.5. The molecule has 0 unspecified atom stereocenters. The molecule has 2 aromatic rings. The fraction of sp³-hybridized carbons (Fsp3) is 0.357. The standard InChI is InChI=1S/C28H31ClN2O6/c1-5-6-7-8-12-15-24(32)36-20-37-27(35)30(25(33)22-16-18-23(29)19-17-22)31(28(2,3)4)26(34)21-13-10-9-11-14-21/h9-11,13-14,16-19H,5-8,20H2,1-4H3. The second-order valence-corrected chi connectivity index (χ2v) is 9.43. The van der Waals surface area contributed by atoms with Gasteiger partial charge in [-0.25, -0.2) is 14.6 Å². The highest BCUT2D eigenvalue weighted by atomic mass is 35.5. The van der Waals surface area contributed by atoms with Gasteiger partial charge in [-0.1, -0.05) is 55.5 Å². The Labute approximate surface area is 222 Å². The fourth-order valence-corrected chi connectivity index (χ4v) is 3.32. The van der Waals surface area contributed by atoms with Crippen LogP contribution in [0, 0.1) is 11.8 Å². The van der Waals surface area contributed by atoms with E-state index in [0.717, 1.165) is 24.3 Å². The van der Waals surface area contributed by atoms with Crippen LogP contribution in [0.1, 0.15) is 74.1 Å². The van der Waals surface area contributed by atoms with Crippen LogP contribution in [0.25, 0.3) is 0 Å². The van der Waals surface area contributed by atoms with Crippen LogP contribution in [0.15, 0.2) is 54.6 Å². The number of unbranched alkanes of at least 4 members (excludes halogenated alkanes) is 3. The maximum absolute atomic E-state index is 13.5. The van der Waals surface area contributed by atoms with E-state index in [-0.39, 0.29) is 11.1 Å². The smallest absolute Gasteiger partial charge is 0.418 e. The van der Waals surface area contributed by atoms with Crippen molar-refractivity contribution in [2.45, 2.75) is 58.9 Å². The molecule has 0 atom stereocenters. The molecule has 0 aliphatic rings. The maximum Gasteiger partial charge on any atom is 0.439 e. The van der Waals surface area contributed by atoms with Crippen molar-refractivity contribution in [1.29, 1.82) is 0 Å². The number of esters is 1. The van der Waals surface area contributed by atoms with Gasteiger partial charge in [-0.05, 0) is 63.6 Å². The summed E-state index contributed by atoms with van der Waals surface area (Å²) in [6, 6.07) is 14.0. The molecule has 0 saturated carbocycles. The Morgan fingerprint density at radius 3 is 2.08 bits per heavy atom. The van der Waals surface area contributed by atoms with Gasteiger partial charge >= 0.3 is 12.1 Å². The summed E-state index contributed by atoms with van der Waals surface area (Å²) >= 11 is 5.94. The van der Waals surface area contributed by atoms with Crippen LogP contribution in [0.2, 0.25) is 5.02 Å². The van der Waals surface area contributed by atoms with E-state index in [4.69, 9.17) is 21.1 Å². The molecule has 0 N–H and O–H groups in total. The molecule has 0 saturated heterocycles. The van der Waals surface area contributed by atoms with Crippen molar-refractivity contribution in [3.05, 3.63) is 70.7 Å². The van der Waals surface area contributed by atoms with E-state index in [0.29, 0.717) is 16.5 Å². The summed E-state index contributed by atoms with van der Waals surface area (Å²) in [5.41, 5.74) is -0.690. The number of halogens is 1. The Balaban J connectivity index is 2.30. The first-order chi connectivity index (χ1) is 17.6. The molecule has 2 rings (SSSR count). The molecule has 9 heteroatoms. The second-order valence-electron chi connectivity index (χ2n) is 9.00. The SMILES string of the molecule is CCCCCC#CC(=O)OCOC(=O)N(C(=O)c1ccc(Cl)cc1)N(C(=O)c1ccccc1)C(C)(C)C. The van der Waals surface area contributed by atoms with Gasteiger partial charge in [-0.15, -0.1) is 5.01 Å². The minimum atomic E-state index is -1.21. The predicted octanol–water partition coefficient (Wildman–Crippen LogP) is 5.86. The van der Waals surface area contributed by atoms with Gasteiger partial charge in [0.15, 0.2) is 0 Å². The Bertz CT molecular complexity index is 1150. The molecule has 3 amide bonds. The lowest BCUT2D eigenvalue weighted by Crippen LogP contribution is -2.60. The zero-order valence-corrected chi connectivity index (χ0v) is 22.2. The molecule has 0 fully saturated rings. The zero-order chi connectivity index (χ0) is 27.4. The van der Waals surface area contributed by atoms with E-state index in [1.165, 1.54) is 24.3 Å². The van der Waals surface area contributed by atoms with E-state index in [1.54, 1.807) is 51.1 Å². The van der Waals surface area contributed by atoms with Crippen LogP contribution >= 0.6 is 11.6 Å². The number of ether oxygens (including phenoxy) is 2. The van der Waals surface area contributed by atoms with E-state index in [2.05, 4.69) is 18.8 Å². The van der Waals surface area contributed by atoms with Crippen LogP contribution in [-0.2, 0) is 14.3 Å². The molecule has 0 aliphatic carbocycles. The van der Waals surface area contributed by atoms with E-state index in [1.807, 2.05) is 0 Å². The van der Waals surface area contributed by atoms with Crippen LogP contribution in [-0.4, -0.2) is 46.2 Å². The maximum atomic E-state index is 13.5. The molecule has 0 heterocycles. The molecule has 2 aromatic carbocycles. The Kier molecular flexibility index (Phi) is 11.2. The largest absolute Gasteiger partial charge is 0.439 e. The Morgan fingerprint density at radius 1 is 0.865 bits per heavy atom. The van der Waals surface area contributed by atoms with Crippen LogP contribution in [0.3, 0.4) is 0 Å². The summed E-state index contributed by atoms with van der Waals surface area (Å²) in [6.45, 7) is 6.26. The van der Waals surface area contributed by atoms with Gasteiger partial charge in [0.25, 0.3) is 11.8 Å². The fourth-order valence-electron chi connectivity index (χ4n) is 3.20. The Morgan fingerprint density at radius 2 is 1.49 bits per heavy atom. The molecule has 8 nitrogen and oxygen atoms in total. The van der Waals surface area contributed by atoms with Crippen molar-refractivity contribution in [2.24, 2.45) is 0 Å². The third kappa shape index (κ3) is 8.96. The number of rotatable bonds is 7. The van der Waals surface area contributed by atoms with Gasteiger partial charge in [-0.3, -0.25) is 9.59 Å². The highest BCUT2D eigenvalue weighted by Gasteiger charge is 2.41. The summed E-state index contributed by atoms with van der Waals surface area (Å²) in [6.07, 6.45) is 2.25. The third-order valence-electron chi connectivity index (χ3n) is 4.97. The lowest BCUT2D eigenvalue weighted by Gasteiger charge is -2.41. The Hall–Kier alpha value is -3.83. The molecule has 0 aliphatic heterocycles. The van der Waals surface area contributed by atoms with E-state index in [9.17, 15) is 19.2 Å². The van der Waals surface area contributed by atoms with Gasteiger partial charge in [0.05, 0.1) is 5.54 Å². The molecule has 0 spiro atoms. The predicted molar refractivity (Wildman–Crippen MR) is 139 cm³/mol. The molecule has 0 radical (unpaired) electrons. The third-order valence-corrected chi connectivity index (χ3v) is 5.23. The highest BCUT2D eigenvalue weighted by molar-refractivity contribution is 6.30. The summed E-state index contributed by atoms with van der Waals surface area (Å²) < 4.78 is 9.95. The van der Waals surface area contributed by atoms with Gasteiger partial charge in [0.1, 0.15) is 0 Å². The number of imide groups is 1. The quantitative estimate of drug-likeness (QED) is 0.112. The molecular formula is C28H31ClN2O6. The van der Waals surface area contributed by atoms with E-state index < -0.39 is 36.2 Å². The number of hydrogen-bond donors (Lipinski definition) is 0. The molecule has 196 valence electrons. The number of hydrazine groups is 1. The number of carbonyl (C=O) groups excluding carboxylic acids is 4. The second kappa shape index (κ2) is 14.0. The van der Waals surface area contributed by atoms with Gasteiger partial charge in [0, 0.05) is 28.5 Å². The van der Waals surface area contributed by atoms with Crippen molar-refractivity contribution in [3.8, 4) is 11.8 Å². The average Bonchev–Trinajstić information content (AvgIpc) is 2.86. The first-order valence-corrected chi connectivity index (χ1v) is 12.3. The lowest BCUT2D eigenvalue weighted by atomic mass is 10.1.